The highest BCUT2D eigenvalue weighted by atomic mass is 79.9. The molecule has 2 heteroatoms. The van der Waals surface area contributed by atoms with E-state index in [2.05, 4.69) is 59.1 Å². The largest absolute Gasteiger partial charge is 0.263 e. The van der Waals surface area contributed by atoms with Crippen molar-refractivity contribution in [1.82, 2.24) is 4.98 Å². The zero-order chi connectivity index (χ0) is 10.9. The van der Waals surface area contributed by atoms with Crippen molar-refractivity contribution in [2.24, 2.45) is 5.41 Å². The predicted octanol–water partition coefficient (Wildman–Crippen LogP) is 4.21. The fraction of sp³-hybridized carbons (Fsp3) is 0.308. The van der Waals surface area contributed by atoms with Gasteiger partial charge < -0.3 is 0 Å². The van der Waals surface area contributed by atoms with Crippen molar-refractivity contribution >= 4 is 21.5 Å². The summed E-state index contributed by atoms with van der Waals surface area (Å²) in [5.41, 5.74) is 2.73. The summed E-state index contributed by atoms with van der Waals surface area (Å²) in [5.74, 6) is 0. The Morgan fingerprint density at radius 1 is 1.33 bits per heavy atom. The Labute approximate surface area is 99.1 Å². The maximum absolute atomic E-state index is 4.20. The summed E-state index contributed by atoms with van der Waals surface area (Å²) >= 11 is 3.45. The second-order valence-corrected chi connectivity index (χ2v) is 5.40. The van der Waals surface area contributed by atoms with Crippen LogP contribution in [0.4, 0.5) is 0 Å². The van der Waals surface area contributed by atoms with E-state index in [9.17, 15) is 0 Å². The van der Waals surface area contributed by atoms with Crippen LogP contribution in [0.15, 0.2) is 41.2 Å². The third kappa shape index (κ3) is 2.57. The van der Waals surface area contributed by atoms with Crippen LogP contribution in [0.25, 0.3) is 5.57 Å². The minimum atomic E-state index is 0.163. The van der Waals surface area contributed by atoms with Crippen molar-refractivity contribution in [3.8, 4) is 0 Å². The molecule has 0 aromatic carbocycles. The Kier molecular flexibility index (Phi) is 2.79. The molecule has 78 valence electrons. The number of halogens is 1. The van der Waals surface area contributed by atoms with Gasteiger partial charge in [-0.2, -0.15) is 0 Å². The molecule has 0 N–H and O–H groups in total. The van der Waals surface area contributed by atoms with Gasteiger partial charge in [-0.3, -0.25) is 4.98 Å². The van der Waals surface area contributed by atoms with Crippen LogP contribution in [-0.4, -0.2) is 4.98 Å². The van der Waals surface area contributed by atoms with E-state index < -0.39 is 0 Å². The lowest BCUT2D eigenvalue weighted by atomic mass is 9.83. The van der Waals surface area contributed by atoms with E-state index in [1.807, 2.05) is 12.4 Å². The van der Waals surface area contributed by atoms with Gasteiger partial charge >= 0.3 is 0 Å². The molecule has 0 aliphatic heterocycles. The lowest BCUT2D eigenvalue weighted by Crippen LogP contribution is -2.07. The highest BCUT2D eigenvalue weighted by Gasteiger charge is 2.16. The first-order chi connectivity index (χ1) is 7.07. The monoisotopic (exact) mass is 263 g/mol. The van der Waals surface area contributed by atoms with Gasteiger partial charge in [0.2, 0.25) is 0 Å². The van der Waals surface area contributed by atoms with Crippen molar-refractivity contribution < 1.29 is 0 Å². The number of nitrogens with zero attached hydrogens (tertiary/aromatic N) is 1. The van der Waals surface area contributed by atoms with Crippen LogP contribution in [0, 0.1) is 5.41 Å². The Bertz CT molecular complexity index is 430. The van der Waals surface area contributed by atoms with E-state index >= 15 is 0 Å². The molecular formula is C13H14BrN. The first-order valence-corrected chi connectivity index (χ1v) is 5.86. The van der Waals surface area contributed by atoms with E-state index in [-0.39, 0.29) is 5.41 Å². The van der Waals surface area contributed by atoms with Crippen molar-refractivity contribution in [1.29, 1.82) is 0 Å². The van der Waals surface area contributed by atoms with Gasteiger partial charge in [0, 0.05) is 22.3 Å². The standard InChI is InChI=1S/C13H14BrN/c1-13(2)5-3-4-10(7-13)11-6-12(14)9-15-8-11/h3,5-9H,4H2,1-2H3. The number of allylic oxidation sites excluding steroid dienone is 4. The Hall–Kier alpha value is -0.890. The number of aromatic nitrogens is 1. The predicted molar refractivity (Wildman–Crippen MR) is 67.5 cm³/mol. The SMILES string of the molecule is CC1(C)C=CCC(c2cncc(Br)c2)=C1. The van der Waals surface area contributed by atoms with Gasteiger partial charge in [0.1, 0.15) is 0 Å². The van der Waals surface area contributed by atoms with Crippen LogP contribution in [0.2, 0.25) is 0 Å². The fourth-order valence-corrected chi connectivity index (χ4v) is 2.20. The summed E-state index contributed by atoms with van der Waals surface area (Å²) in [6.45, 7) is 4.43. The summed E-state index contributed by atoms with van der Waals surface area (Å²) in [6.07, 6.45) is 11.5. The van der Waals surface area contributed by atoms with Crippen molar-refractivity contribution in [3.63, 3.8) is 0 Å². The summed E-state index contributed by atoms with van der Waals surface area (Å²) in [5, 5.41) is 0. The molecule has 2 rings (SSSR count). The fourth-order valence-electron chi connectivity index (χ4n) is 1.83. The van der Waals surface area contributed by atoms with E-state index in [4.69, 9.17) is 0 Å². The van der Waals surface area contributed by atoms with Gasteiger partial charge in [-0.25, -0.2) is 0 Å². The topological polar surface area (TPSA) is 12.9 Å². The van der Waals surface area contributed by atoms with Gasteiger partial charge in [0.25, 0.3) is 0 Å². The first-order valence-electron chi connectivity index (χ1n) is 5.07. The van der Waals surface area contributed by atoms with E-state index in [1.165, 1.54) is 11.1 Å². The highest BCUT2D eigenvalue weighted by molar-refractivity contribution is 9.10. The molecule has 1 heterocycles. The summed E-state index contributed by atoms with van der Waals surface area (Å²) in [6, 6.07) is 2.12. The van der Waals surface area contributed by atoms with Crippen LogP contribution < -0.4 is 0 Å². The molecule has 1 aliphatic rings. The van der Waals surface area contributed by atoms with Gasteiger partial charge in [-0.05, 0) is 39.6 Å². The minimum absolute atomic E-state index is 0.163. The van der Waals surface area contributed by atoms with Crippen LogP contribution in [0.5, 0.6) is 0 Å². The lowest BCUT2D eigenvalue weighted by Gasteiger charge is -2.22. The smallest absolute Gasteiger partial charge is 0.0410 e. The number of pyridine rings is 1. The van der Waals surface area contributed by atoms with Gasteiger partial charge in [-0.15, -0.1) is 0 Å². The third-order valence-corrected chi connectivity index (χ3v) is 2.94. The van der Waals surface area contributed by atoms with Gasteiger partial charge in [0.15, 0.2) is 0 Å². The summed E-state index contributed by atoms with van der Waals surface area (Å²) in [7, 11) is 0. The van der Waals surface area contributed by atoms with Crippen LogP contribution in [0.3, 0.4) is 0 Å². The zero-order valence-electron chi connectivity index (χ0n) is 9.00. The molecule has 1 aromatic rings. The van der Waals surface area contributed by atoms with Crippen molar-refractivity contribution in [2.45, 2.75) is 20.3 Å². The van der Waals surface area contributed by atoms with Crippen LogP contribution in [-0.2, 0) is 0 Å². The molecule has 0 spiro atoms. The Morgan fingerprint density at radius 3 is 2.80 bits per heavy atom. The molecule has 0 amide bonds. The zero-order valence-corrected chi connectivity index (χ0v) is 10.6. The average Bonchev–Trinajstić information content (AvgIpc) is 2.16. The molecule has 0 atom stereocenters. The second kappa shape index (κ2) is 3.93. The highest BCUT2D eigenvalue weighted by Crippen LogP contribution is 2.32. The first kappa shape index (κ1) is 10.6. The molecule has 0 radical (unpaired) electrons. The molecule has 1 aliphatic carbocycles. The molecule has 15 heavy (non-hydrogen) atoms. The van der Waals surface area contributed by atoms with Crippen LogP contribution in [0.1, 0.15) is 25.8 Å². The maximum atomic E-state index is 4.20. The van der Waals surface area contributed by atoms with Crippen LogP contribution >= 0.6 is 15.9 Å². The maximum Gasteiger partial charge on any atom is 0.0410 e. The molecule has 0 unspecified atom stereocenters. The molecule has 0 bridgehead atoms. The quantitative estimate of drug-likeness (QED) is 0.692. The van der Waals surface area contributed by atoms with E-state index in [0.717, 1.165) is 10.9 Å². The number of hydrogen-bond donors (Lipinski definition) is 0. The van der Waals surface area contributed by atoms with Gasteiger partial charge in [0.05, 0.1) is 0 Å². The van der Waals surface area contributed by atoms with E-state index in [0.29, 0.717) is 0 Å². The van der Waals surface area contributed by atoms with E-state index in [1.54, 1.807) is 0 Å². The molecular weight excluding hydrogens is 250 g/mol. The summed E-state index contributed by atoms with van der Waals surface area (Å²) < 4.78 is 1.04. The Balaban J connectivity index is 2.36. The van der Waals surface area contributed by atoms with Crippen molar-refractivity contribution in [3.05, 3.63) is 46.7 Å². The second-order valence-electron chi connectivity index (χ2n) is 4.49. The lowest BCUT2D eigenvalue weighted by molar-refractivity contribution is 0.618. The molecule has 1 aromatic heterocycles. The average molecular weight is 264 g/mol. The molecule has 0 saturated heterocycles. The third-order valence-electron chi connectivity index (χ3n) is 2.51. The Morgan fingerprint density at radius 2 is 2.13 bits per heavy atom. The molecule has 0 saturated carbocycles. The summed E-state index contributed by atoms with van der Waals surface area (Å²) in [4.78, 5) is 4.20. The number of rotatable bonds is 1. The van der Waals surface area contributed by atoms with Gasteiger partial charge in [-0.1, -0.05) is 32.1 Å². The normalized spacial score (nSPS) is 18.7. The molecule has 1 nitrogen and oxygen atoms in total. The van der Waals surface area contributed by atoms with Crippen molar-refractivity contribution in [2.75, 3.05) is 0 Å². The molecule has 0 fully saturated rings. The minimum Gasteiger partial charge on any atom is -0.263 e. The number of hydrogen-bond acceptors (Lipinski definition) is 1.